The van der Waals surface area contributed by atoms with Gasteiger partial charge < -0.3 is 14.7 Å². The number of carbonyl (C=O) groups excluding carboxylic acids is 2. The highest BCUT2D eigenvalue weighted by Crippen LogP contribution is 2.26. The van der Waals surface area contributed by atoms with Crippen LogP contribution >= 0.6 is 0 Å². The first-order chi connectivity index (χ1) is 15.7. The summed E-state index contributed by atoms with van der Waals surface area (Å²) in [6.07, 6.45) is 6.06. The molecule has 32 heavy (non-hydrogen) atoms. The molecule has 3 aliphatic rings. The van der Waals surface area contributed by atoms with Gasteiger partial charge in [-0.15, -0.1) is 0 Å². The number of benzene rings is 2. The number of rotatable bonds is 5. The molecule has 0 spiro atoms. The van der Waals surface area contributed by atoms with Crippen LogP contribution < -0.4 is 0 Å². The zero-order chi connectivity index (χ0) is 21.9. The molecule has 1 atom stereocenters. The third-order valence-corrected chi connectivity index (χ3v) is 7.32. The van der Waals surface area contributed by atoms with Crippen molar-refractivity contribution in [2.75, 3.05) is 32.7 Å². The van der Waals surface area contributed by atoms with Gasteiger partial charge in [0.2, 0.25) is 5.91 Å². The van der Waals surface area contributed by atoms with Crippen molar-refractivity contribution in [1.29, 1.82) is 0 Å². The summed E-state index contributed by atoms with van der Waals surface area (Å²) >= 11 is 0. The van der Waals surface area contributed by atoms with Crippen molar-refractivity contribution in [2.24, 2.45) is 0 Å². The van der Waals surface area contributed by atoms with Gasteiger partial charge in [0.1, 0.15) is 0 Å². The molecule has 5 rings (SSSR count). The molecule has 2 fully saturated rings. The van der Waals surface area contributed by atoms with E-state index in [0.717, 1.165) is 50.0 Å². The number of carbonyl (C=O) groups is 2. The zero-order valence-corrected chi connectivity index (χ0v) is 18.8. The van der Waals surface area contributed by atoms with Crippen molar-refractivity contribution >= 4 is 11.8 Å². The SMILES string of the molecule is O=C(Cc1ccccc1)N1CCc2cc(C(=O)N3CCC[C@H]3CN3CCCC3)ccc2C1. The molecule has 2 saturated heterocycles. The maximum absolute atomic E-state index is 13.3. The number of nitrogens with zero attached hydrogens (tertiary/aromatic N) is 3. The Hall–Kier alpha value is -2.66. The molecule has 0 bridgehead atoms. The Balaban J connectivity index is 1.23. The van der Waals surface area contributed by atoms with Gasteiger partial charge in [-0.3, -0.25) is 9.59 Å². The van der Waals surface area contributed by atoms with E-state index in [-0.39, 0.29) is 11.8 Å². The van der Waals surface area contributed by atoms with Crippen LogP contribution in [-0.2, 0) is 24.2 Å². The van der Waals surface area contributed by atoms with E-state index in [1.165, 1.54) is 37.1 Å². The molecule has 3 heterocycles. The van der Waals surface area contributed by atoms with Crippen molar-refractivity contribution in [2.45, 2.75) is 51.1 Å². The minimum atomic E-state index is 0.170. The minimum Gasteiger partial charge on any atom is -0.338 e. The summed E-state index contributed by atoms with van der Waals surface area (Å²) in [5, 5.41) is 0. The monoisotopic (exact) mass is 431 g/mol. The lowest BCUT2D eigenvalue weighted by Gasteiger charge is -2.31. The normalized spacial score (nSPS) is 21.1. The molecule has 2 amide bonds. The van der Waals surface area contributed by atoms with Gasteiger partial charge in [-0.25, -0.2) is 0 Å². The third kappa shape index (κ3) is 4.58. The van der Waals surface area contributed by atoms with Crippen LogP contribution in [0.3, 0.4) is 0 Å². The highest BCUT2D eigenvalue weighted by atomic mass is 16.2. The van der Waals surface area contributed by atoms with E-state index in [4.69, 9.17) is 0 Å². The van der Waals surface area contributed by atoms with Crippen molar-refractivity contribution in [1.82, 2.24) is 14.7 Å². The summed E-state index contributed by atoms with van der Waals surface area (Å²) in [5.41, 5.74) is 4.25. The smallest absolute Gasteiger partial charge is 0.254 e. The number of fused-ring (bicyclic) bond motifs is 1. The molecule has 0 aromatic heterocycles. The first-order valence-electron chi connectivity index (χ1n) is 12.1. The van der Waals surface area contributed by atoms with Gasteiger partial charge in [0.05, 0.1) is 6.42 Å². The standard InChI is InChI=1S/C27H33N3O2/c31-26(17-21-7-2-1-3-8-21)29-16-12-22-18-23(10-11-24(22)19-29)27(32)30-15-6-9-25(30)20-28-13-4-5-14-28/h1-3,7-8,10-11,18,25H,4-6,9,12-17,19-20H2/t25-/m0/s1. The molecule has 0 aliphatic carbocycles. The maximum Gasteiger partial charge on any atom is 0.254 e. The van der Waals surface area contributed by atoms with Crippen LogP contribution in [0.1, 0.15) is 52.7 Å². The van der Waals surface area contributed by atoms with Gasteiger partial charge in [-0.2, -0.15) is 0 Å². The topological polar surface area (TPSA) is 43.9 Å². The molecule has 0 radical (unpaired) electrons. The van der Waals surface area contributed by atoms with Crippen molar-refractivity contribution in [3.8, 4) is 0 Å². The second kappa shape index (κ2) is 9.45. The number of hydrogen-bond acceptors (Lipinski definition) is 3. The Morgan fingerprint density at radius 1 is 0.875 bits per heavy atom. The van der Waals surface area contributed by atoms with E-state index in [2.05, 4.69) is 21.9 Å². The lowest BCUT2D eigenvalue weighted by Crippen LogP contribution is -2.42. The molecule has 2 aromatic rings. The van der Waals surface area contributed by atoms with Crippen LogP contribution in [0.25, 0.3) is 0 Å². The second-order valence-electron chi connectivity index (χ2n) is 9.51. The maximum atomic E-state index is 13.3. The molecule has 3 aliphatic heterocycles. The number of hydrogen-bond donors (Lipinski definition) is 0. The van der Waals surface area contributed by atoms with Gasteiger partial charge in [-0.1, -0.05) is 36.4 Å². The average molecular weight is 432 g/mol. The van der Waals surface area contributed by atoms with Gasteiger partial charge in [-0.05, 0) is 74.0 Å². The first kappa shape index (κ1) is 21.2. The van der Waals surface area contributed by atoms with Crippen LogP contribution in [0.15, 0.2) is 48.5 Å². The van der Waals surface area contributed by atoms with Crippen LogP contribution in [-0.4, -0.2) is 65.3 Å². The van der Waals surface area contributed by atoms with Gasteiger partial charge in [0, 0.05) is 37.8 Å². The summed E-state index contributed by atoms with van der Waals surface area (Å²) in [6, 6.07) is 16.4. The molecule has 168 valence electrons. The van der Waals surface area contributed by atoms with E-state index in [1.807, 2.05) is 41.3 Å². The third-order valence-electron chi connectivity index (χ3n) is 7.32. The van der Waals surface area contributed by atoms with Crippen LogP contribution in [0.5, 0.6) is 0 Å². The van der Waals surface area contributed by atoms with E-state index in [9.17, 15) is 9.59 Å². The summed E-state index contributed by atoms with van der Waals surface area (Å²) in [7, 11) is 0. The fraction of sp³-hybridized carbons (Fsp3) is 0.481. The van der Waals surface area contributed by atoms with Gasteiger partial charge in [0.25, 0.3) is 5.91 Å². The highest BCUT2D eigenvalue weighted by Gasteiger charge is 2.32. The summed E-state index contributed by atoms with van der Waals surface area (Å²) < 4.78 is 0. The van der Waals surface area contributed by atoms with E-state index >= 15 is 0 Å². The average Bonchev–Trinajstić information content (AvgIpc) is 3.51. The number of amides is 2. The van der Waals surface area contributed by atoms with Crippen LogP contribution in [0.2, 0.25) is 0 Å². The Morgan fingerprint density at radius 2 is 1.69 bits per heavy atom. The lowest BCUT2D eigenvalue weighted by atomic mass is 9.96. The van der Waals surface area contributed by atoms with E-state index in [1.54, 1.807) is 0 Å². The highest BCUT2D eigenvalue weighted by molar-refractivity contribution is 5.95. The van der Waals surface area contributed by atoms with Crippen LogP contribution in [0, 0.1) is 0 Å². The predicted molar refractivity (Wildman–Crippen MR) is 125 cm³/mol. The fourth-order valence-corrected chi connectivity index (χ4v) is 5.50. The van der Waals surface area contributed by atoms with Crippen molar-refractivity contribution in [3.63, 3.8) is 0 Å². The Bertz CT molecular complexity index is 968. The lowest BCUT2D eigenvalue weighted by molar-refractivity contribution is -0.131. The Morgan fingerprint density at radius 3 is 2.50 bits per heavy atom. The predicted octanol–water partition coefficient (Wildman–Crippen LogP) is 3.51. The van der Waals surface area contributed by atoms with Crippen LogP contribution in [0.4, 0.5) is 0 Å². The van der Waals surface area contributed by atoms with Crippen molar-refractivity contribution < 1.29 is 9.59 Å². The summed E-state index contributed by atoms with van der Waals surface area (Å²) in [5.74, 6) is 0.348. The van der Waals surface area contributed by atoms with E-state index in [0.29, 0.717) is 19.0 Å². The molecule has 0 N–H and O–H groups in total. The fourth-order valence-electron chi connectivity index (χ4n) is 5.50. The Labute approximate surface area is 191 Å². The van der Waals surface area contributed by atoms with Gasteiger partial charge >= 0.3 is 0 Å². The molecular formula is C27H33N3O2. The Kier molecular flexibility index (Phi) is 6.26. The van der Waals surface area contributed by atoms with E-state index < -0.39 is 0 Å². The van der Waals surface area contributed by atoms with Crippen molar-refractivity contribution in [3.05, 3.63) is 70.8 Å². The minimum absolute atomic E-state index is 0.170. The second-order valence-corrected chi connectivity index (χ2v) is 9.51. The van der Waals surface area contributed by atoms with Gasteiger partial charge in [0.15, 0.2) is 0 Å². The first-order valence-corrected chi connectivity index (χ1v) is 12.1. The summed E-state index contributed by atoms with van der Waals surface area (Å²) in [4.78, 5) is 32.7. The molecule has 0 unspecified atom stereocenters. The molecule has 5 heteroatoms. The largest absolute Gasteiger partial charge is 0.338 e. The quantitative estimate of drug-likeness (QED) is 0.728. The molecule has 5 nitrogen and oxygen atoms in total. The summed E-state index contributed by atoms with van der Waals surface area (Å²) in [6.45, 7) is 5.60. The zero-order valence-electron chi connectivity index (χ0n) is 18.8. The molecular weight excluding hydrogens is 398 g/mol. The molecule has 2 aromatic carbocycles. The number of likely N-dealkylation sites (tertiary alicyclic amines) is 2. The molecule has 0 saturated carbocycles.